The Labute approximate surface area is 176 Å². The monoisotopic (exact) mass is 407 g/mol. The number of ether oxygens (including phenoxy) is 1. The van der Waals surface area contributed by atoms with Crippen LogP contribution in [0.4, 0.5) is 5.82 Å². The fourth-order valence-corrected chi connectivity index (χ4v) is 3.85. The van der Waals surface area contributed by atoms with E-state index in [9.17, 15) is 0 Å². The van der Waals surface area contributed by atoms with Gasteiger partial charge in [0.2, 0.25) is 0 Å². The van der Waals surface area contributed by atoms with E-state index in [1.807, 2.05) is 60.7 Å². The minimum Gasteiger partial charge on any atom is -0.497 e. The van der Waals surface area contributed by atoms with Gasteiger partial charge in [0.1, 0.15) is 5.75 Å². The lowest BCUT2D eigenvalue weighted by Gasteiger charge is -2.07. The first-order valence-corrected chi connectivity index (χ1v) is 9.75. The summed E-state index contributed by atoms with van der Waals surface area (Å²) < 4.78 is 7.08. The second kappa shape index (κ2) is 6.53. The zero-order valence-corrected chi connectivity index (χ0v) is 16.6. The van der Waals surface area contributed by atoms with Gasteiger partial charge >= 0.3 is 0 Å². The second-order valence-corrected chi connectivity index (χ2v) is 7.23. The third-order valence-corrected chi connectivity index (χ3v) is 5.37. The summed E-state index contributed by atoms with van der Waals surface area (Å²) >= 11 is 0. The molecule has 3 aromatic heterocycles. The van der Waals surface area contributed by atoms with Crippen LogP contribution in [0, 0.1) is 0 Å². The van der Waals surface area contributed by atoms with Crippen LogP contribution in [-0.2, 0) is 0 Å². The summed E-state index contributed by atoms with van der Waals surface area (Å²) in [6.45, 7) is 0. The first-order valence-electron chi connectivity index (χ1n) is 9.75. The molecule has 0 aliphatic carbocycles. The van der Waals surface area contributed by atoms with Crippen LogP contribution in [0.5, 0.6) is 5.75 Å². The van der Waals surface area contributed by atoms with E-state index < -0.39 is 0 Å². The molecular weight excluding hydrogens is 390 g/mol. The molecule has 3 heterocycles. The van der Waals surface area contributed by atoms with Gasteiger partial charge in [0.15, 0.2) is 23.0 Å². The predicted octanol–water partition coefficient (Wildman–Crippen LogP) is 4.08. The van der Waals surface area contributed by atoms with E-state index in [0.717, 1.165) is 38.8 Å². The maximum Gasteiger partial charge on any atom is 0.180 e. The molecule has 0 saturated heterocycles. The number of hydrogen-bond acceptors (Lipinski definition) is 6. The number of nitrogens with one attached hydrogen (secondary N) is 1. The highest BCUT2D eigenvalue weighted by Crippen LogP contribution is 2.33. The average Bonchev–Trinajstić information content (AvgIpc) is 3.43. The van der Waals surface area contributed by atoms with Gasteiger partial charge in [-0.25, -0.2) is 4.98 Å². The van der Waals surface area contributed by atoms with Gasteiger partial charge in [-0.05, 0) is 35.0 Å². The average molecular weight is 407 g/mol. The van der Waals surface area contributed by atoms with Crippen LogP contribution < -0.4 is 10.5 Å². The Balaban J connectivity index is 1.55. The molecule has 0 fully saturated rings. The summed E-state index contributed by atoms with van der Waals surface area (Å²) in [5.41, 5.74) is 10.9. The Hall–Kier alpha value is -4.46. The van der Waals surface area contributed by atoms with Gasteiger partial charge < -0.3 is 15.5 Å². The topological polar surface area (TPSA) is 107 Å². The lowest BCUT2D eigenvalue weighted by Crippen LogP contribution is -2.06. The van der Waals surface area contributed by atoms with E-state index >= 15 is 0 Å². The summed E-state index contributed by atoms with van der Waals surface area (Å²) in [5.74, 6) is 1.67. The molecule has 0 unspecified atom stereocenters. The Morgan fingerprint density at radius 2 is 1.81 bits per heavy atom. The van der Waals surface area contributed by atoms with Gasteiger partial charge in [0, 0.05) is 11.6 Å². The van der Waals surface area contributed by atoms with E-state index in [2.05, 4.69) is 26.2 Å². The Kier molecular flexibility index (Phi) is 3.66. The number of para-hydroxylation sites is 2. The normalized spacial score (nSPS) is 11.5. The number of H-pyrrole nitrogens is 1. The zero-order valence-electron chi connectivity index (χ0n) is 16.6. The van der Waals surface area contributed by atoms with Crippen molar-refractivity contribution in [2.75, 3.05) is 12.8 Å². The maximum absolute atomic E-state index is 6.45. The highest BCUT2D eigenvalue weighted by atomic mass is 16.5. The minimum absolute atomic E-state index is 0.363. The molecule has 0 saturated carbocycles. The molecule has 0 bridgehead atoms. The second-order valence-electron chi connectivity index (χ2n) is 7.23. The van der Waals surface area contributed by atoms with E-state index in [0.29, 0.717) is 23.0 Å². The van der Waals surface area contributed by atoms with Crippen LogP contribution in [0.25, 0.3) is 50.2 Å². The number of nitrogens with two attached hydrogens (primary N) is 1. The minimum atomic E-state index is 0.363. The lowest BCUT2D eigenvalue weighted by molar-refractivity contribution is 0.415. The molecule has 0 aliphatic heterocycles. The van der Waals surface area contributed by atoms with Crippen LogP contribution in [0.1, 0.15) is 0 Å². The zero-order chi connectivity index (χ0) is 20.9. The lowest BCUT2D eigenvalue weighted by atomic mass is 10.0. The Morgan fingerprint density at radius 1 is 0.968 bits per heavy atom. The third-order valence-electron chi connectivity index (χ3n) is 5.37. The quantitative estimate of drug-likeness (QED) is 0.458. The summed E-state index contributed by atoms with van der Waals surface area (Å²) in [6.07, 6.45) is 0. The van der Waals surface area contributed by atoms with Gasteiger partial charge in [-0.15, -0.1) is 10.2 Å². The number of aromatic amines is 1. The van der Waals surface area contributed by atoms with Crippen molar-refractivity contribution >= 4 is 33.3 Å². The molecule has 8 nitrogen and oxygen atoms in total. The van der Waals surface area contributed by atoms with Crippen molar-refractivity contribution in [3.05, 3.63) is 66.7 Å². The van der Waals surface area contributed by atoms with Crippen molar-refractivity contribution < 1.29 is 4.74 Å². The standard InChI is InChI=1S/C23H17N7O/c1-31-14-10-13-6-2-3-7-15(13)16(11-14)19-12-20-27-28-21(22(24)30(20)29-19)23-25-17-8-4-5-9-18(17)26-23/h2-12H,24H2,1H3,(H,25,26). The molecular formula is C23H17N7O. The third kappa shape index (κ3) is 2.69. The van der Waals surface area contributed by atoms with Gasteiger partial charge in [0.25, 0.3) is 0 Å². The number of rotatable bonds is 3. The van der Waals surface area contributed by atoms with Crippen LogP contribution >= 0.6 is 0 Å². The van der Waals surface area contributed by atoms with Crippen LogP contribution in [0.2, 0.25) is 0 Å². The number of methoxy groups -OCH3 is 1. The Morgan fingerprint density at radius 3 is 2.68 bits per heavy atom. The highest BCUT2D eigenvalue weighted by Gasteiger charge is 2.17. The number of imidazole rings is 1. The molecule has 0 spiro atoms. The number of nitrogen functional groups attached to an aromatic ring is 1. The molecule has 6 rings (SSSR count). The van der Waals surface area contributed by atoms with Crippen molar-refractivity contribution in [1.82, 2.24) is 29.8 Å². The van der Waals surface area contributed by atoms with Crippen molar-refractivity contribution in [1.29, 1.82) is 0 Å². The highest BCUT2D eigenvalue weighted by molar-refractivity contribution is 5.97. The van der Waals surface area contributed by atoms with Crippen molar-refractivity contribution in [3.63, 3.8) is 0 Å². The molecule has 0 aliphatic rings. The first kappa shape index (κ1) is 17.4. The number of nitrogens with zero attached hydrogens (tertiary/aromatic N) is 5. The van der Waals surface area contributed by atoms with E-state index in [-0.39, 0.29) is 0 Å². The number of anilines is 1. The van der Waals surface area contributed by atoms with Crippen molar-refractivity contribution in [2.45, 2.75) is 0 Å². The molecule has 8 heteroatoms. The number of hydrogen-bond donors (Lipinski definition) is 2. The van der Waals surface area contributed by atoms with Crippen molar-refractivity contribution in [3.8, 4) is 28.5 Å². The van der Waals surface area contributed by atoms with Gasteiger partial charge in [-0.2, -0.15) is 9.61 Å². The van der Waals surface area contributed by atoms with E-state index in [1.54, 1.807) is 11.6 Å². The molecule has 3 N–H and O–H groups in total. The summed E-state index contributed by atoms with van der Waals surface area (Å²) in [5, 5.41) is 15.5. The summed E-state index contributed by atoms with van der Waals surface area (Å²) in [6, 6.07) is 21.7. The van der Waals surface area contributed by atoms with Gasteiger partial charge in [-0.3, -0.25) is 0 Å². The maximum atomic E-state index is 6.45. The van der Waals surface area contributed by atoms with Crippen LogP contribution in [-0.4, -0.2) is 36.9 Å². The van der Waals surface area contributed by atoms with E-state index in [4.69, 9.17) is 15.6 Å². The van der Waals surface area contributed by atoms with Crippen LogP contribution in [0.15, 0.2) is 66.7 Å². The van der Waals surface area contributed by atoms with Crippen molar-refractivity contribution in [2.24, 2.45) is 0 Å². The number of fused-ring (bicyclic) bond motifs is 3. The molecule has 150 valence electrons. The first-order chi connectivity index (χ1) is 15.2. The predicted molar refractivity (Wildman–Crippen MR) is 120 cm³/mol. The molecule has 31 heavy (non-hydrogen) atoms. The molecule has 6 aromatic rings. The number of aromatic nitrogens is 6. The smallest absolute Gasteiger partial charge is 0.180 e. The largest absolute Gasteiger partial charge is 0.497 e. The van der Waals surface area contributed by atoms with Gasteiger partial charge in [-0.1, -0.05) is 36.4 Å². The molecule has 0 atom stereocenters. The molecule has 3 aromatic carbocycles. The van der Waals surface area contributed by atoms with E-state index in [1.165, 1.54) is 0 Å². The molecule has 0 amide bonds. The summed E-state index contributed by atoms with van der Waals surface area (Å²) in [4.78, 5) is 7.83. The van der Waals surface area contributed by atoms with Crippen LogP contribution in [0.3, 0.4) is 0 Å². The van der Waals surface area contributed by atoms with Gasteiger partial charge in [0.05, 0.1) is 23.8 Å². The summed E-state index contributed by atoms with van der Waals surface area (Å²) in [7, 11) is 1.65. The Bertz CT molecular complexity index is 1570. The number of benzene rings is 3. The SMILES string of the molecule is COc1cc(-c2cc3nnc(-c4nc5ccccc5[nH]4)c(N)n3n2)c2ccccc2c1. The fraction of sp³-hybridized carbons (Fsp3) is 0.0435. The fourth-order valence-electron chi connectivity index (χ4n) is 3.85. The molecule has 0 radical (unpaired) electrons.